The molecule has 2 heterocycles. The molecule has 1 aromatic heterocycles. The Labute approximate surface area is 164 Å². The molecule has 0 aliphatic carbocycles. The molecule has 0 bridgehead atoms. The normalized spacial score (nSPS) is 14.6. The van der Waals surface area contributed by atoms with Crippen molar-refractivity contribution in [3.8, 4) is 11.3 Å². The maximum Gasteiger partial charge on any atom is 0.409 e. The zero-order chi connectivity index (χ0) is 20.1. The van der Waals surface area contributed by atoms with E-state index in [-0.39, 0.29) is 11.7 Å². The number of pyridine rings is 1. The summed E-state index contributed by atoms with van der Waals surface area (Å²) in [5.74, 6) is 0.336. The van der Waals surface area contributed by atoms with Crippen molar-refractivity contribution in [3.05, 3.63) is 48.0 Å². The third-order valence-corrected chi connectivity index (χ3v) is 4.91. The van der Waals surface area contributed by atoms with Gasteiger partial charge >= 0.3 is 12.1 Å². The Morgan fingerprint density at radius 1 is 1.14 bits per heavy atom. The second-order valence-corrected chi connectivity index (χ2v) is 7.17. The molecule has 28 heavy (non-hydrogen) atoms. The number of rotatable bonds is 5. The number of hydrogen-bond donors (Lipinski definition) is 1. The molecule has 1 aliphatic heterocycles. The molecule has 1 aromatic carbocycles. The lowest BCUT2D eigenvalue weighted by molar-refractivity contribution is 0.0696. The van der Waals surface area contributed by atoms with E-state index >= 15 is 0 Å². The first-order valence-electron chi connectivity index (χ1n) is 9.34. The van der Waals surface area contributed by atoms with Crippen molar-refractivity contribution >= 4 is 17.9 Å². The van der Waals surface area contributed by atoms with Gasteiger partial charge in [0.25, 0.3) is 0 Å². The van der Waals surface area contributed by atoms with Gasteiger partial charge < -0.3 is 19.6 Å². The summed E-state index contributed by atoms with van der Waals surface area (Å²) in [5, 5.41) is 9.03. The van der Waals surface area contributed by atoms with Crippen LogP contribution in [-0.4, -0.2) is 60.8 Å². The third-order valence-electron chi connectivity index (χ3n) is 4.91. The summed E-state index contributed by atoms with van der Waals surface area (Å²) < 4.78 is 5.30. The number of carbonyl (C=O) groups excluding carboxylic acids is 1. The van der Waals surface area contributed by atoms with Crippen molar-refractivity contribution in [1.29, 1.82) is 0 Å². The maximum absolute atomic E-state index is 11.6. The number of carboxylic acid groups (broad SMARTS) is 1. The second kappa shape index (κ2) is 8.73. The van der Waals surface area contributed by atoms with Crippen molar-refractivity contribution in [2.45, 2.75) is 12.8 Å². The lowest BCUT2D eigenvalue weighted by Gasteiger charge is -2.32. The highest BCUT2D eigenvalue weighted by molar-refractivity contribution is 5.88. The van der Waals surface area contributed by atoms with Crippen LogP contribution >= 0.6 is 0 Å². The van der Waals surface area contributed by atoms with E-state index in [9.17, 15) is 9.59 Å². The van der Waals surface area contributed by atoms with Gasteiger partial charge in [-0.3, -0.25) is 0 Å². The fraction of sp³-hybridized carbons (Fsp3) is 0.381. The molecule has 1 aliphatic rings. The maximum atomic E-state index is 11.6. The van der Waals surface area contributed by atoms with Gasteiger partial charge in [0.1, 0.15) is 5.82 Å². The first-order chi connectivity index (χ1) is 13.4. The van der Waals surface area contributed by atoms with Gasteiger partial charge in [0.15, 0.2) is 0 Å². The predicted molar refractivity (Wildman–Crippen MR) is 107 cm³/mol. The Kier molecular flexibility index (Phi) is 6.13. The van der Waals surface area contributed by atoms with Crippen LogP contribution in [0, 0.1) is 5.92 Å². The Morgan fingerprint density at radius 2 is 1.82 bits per heavy atom. The van der Waals surface area contributed by atoms with Crippen LogP contribution in [0.5, 0.6) is 0 Å². The van der Waals surface area contributed by atoms with Gasteiger partial charge in [-0.05, 0) is 43.0 Å². The number of aromatic nitrogens is 1. The number of carboxylic acids is 1. The van der Waals surface area contributed by atoms with Crippen molar-refractivity contribution in [1.82, 2.24) is 9.88 Å². The van der Waals surface area contributed by atoms with E-state index in [2.05, 4.69) is 4.90 Å². The molecule has 0 spiro atoms. The molecular weight excluding hydrogens is 358 g/mol. The number of benzene rings is 1. The Hall–Kier alpha value is -3.09. The minimum Gasteiger partial charge on any atom is -0.478 e. The van der Waals surface area contributed by atoms with Gasteiger partial charge in [-0.2, -0.15) is 0 Å². The van der Waals surface area contributed by atoms with Crippen LogP contribution in [0.1, 0.15) is 23.2 Å². The highest BCUT2D eigenvalue weighted by atomic mass is 16.6. The fourth-order valence-electron chi connectivity index (χ4n) is 3.19. The van der Waals surface area contributed by atoms with Crippen LogP contribution in [0.15, 0.2) is 42.5 Å². The molecule has 0 atom stereocenters. The van der Waals surface area contributed by atoms with Crippen molar-refractivity contribution in [2.24, 2.45) is 5.92 Å². The van der Waals surface area contributed by atoms with Gasteiger partial charge in [0.2, 0.25) is 0 Å². The molecular formula is C21H25N3O4. The summed E-state index contributed by atoms with van der Waals surface area (Å²) >= 11 is 0. The third kappa shape index (κ3) is 4.79. The Morgan fingerprint density at radius 3 is 2.43 bits per heavy atom. The number of amides is 1. The van der Waals surface area contributed by atoms with E-state index in [0.29, 0.717) is 12.5 Å². The zero-order valence-electron chi connectivity index (χ0n) is 16.2. The number of hydrogen-bond acceptors (Lipinski definition) is 5. The monoisotopic (exact) mass is 383 g/mol. The van der Waals surface area contributed by atoms with E-state index in [0.717, 1.165) is 43.0 Å². The summed E-state index contributed by atoms with van der Waals surface area (Å²) in [6.07, 6.45) is 1.59. The largest absolute Gasteiger partial charge is 0.478 e. The van der Waals surface area contributed by atoms with Crippen molar-refractivity contribution in [2.75, 3.05) is 38.7 Å². The molecule has 3 rings (SSSR count). The number of nitrogens with zero attached hydrogens (tertiary/aromatic N) is 3. The average molecular weight is 383 g/mol. The molecule has 7 heteroatoms. The Bertz CT molecular complexity index is 828. The molecule has 0 saturated carbocycles. The van der Waals surface area contributed by atoms with Crippen LogP contribution in [0.25, 0.3) is 11.3 Å². The summed E-state index contributed by atoms with van der Waals surface area (Å²) in [7, 11) is 3.36. The summed E-state index contributed by atoms with van der Waals surface area (Å²) in [6, 6.07) is 12.6. The smallest absolute Gasteiger partial charge is 0.409 e. The minimum absolute atomic E-state index is 0.261. The van der Waals surface area contributed by atoms with E-state index in [4.69, 9.17) is 14.8 Å². The first-order valence-corrected chi connectivity index (χ1v) is 9.34. The number of ether oxygens (including phenoxy) is 1. The molecule has 0 unspecified atom stereocenters. The molecule has 0 radical (unpaired) electrons. The zero-order valence-corrected chi connectivity index (χ0v) is 16.2. The Balaban J connectivity index is 1.60. The molecule has 2 aromatic rings. The van der Waals surface area contributed by atoms with Crippen LogP contribution in [0.3, 0.4) is 0 Å². The summed E-state index contributed by atoms with van der Waals surface area (Å²) in [6.45, 7) is 2.17. The summed E-state index contributed by atoms with van der Waals surface area (Å²) in [5.41, 5.74) is 1.96. The highest BCUT2D eigenvalue weighted by Crippen LogP contribution is 2.25. The van der Waals surface area contributed by atoms with Crippen molar-refractivity contribution < 1.29 is 19.4 Å². The molecule has 1 N–H and O–H groups in total. The molecule has 1 amide bonds. The minimum atomic E-state index is -0.938. The average Bonchev–Trinajstić information content (AvgIpc) is 2.72. The molecule has 1 fully saturated rings. The van der Waals surface area contributed by atoms with E-state index in [1.807, 2.05) is 18.2 Å². The summed E-state index contributed by atoms with van der Waals surface area (Å²) in [4.78, 5) is 31.0. The quantitative estimate of drug-likeness (QED) is 0.852. The SMILES string of the molecule is CN(C)C(=O)OCC1CCN(c2cccc(-c3ccc(C(=O)O)cc3)n2)CC1. The fourth-order valence-corrected chi connectivity index (χ4v) is 3.19. The van der Waals surface area contributed by atoms with Crippen LogP contribution in [0.4, 0.5) is 10.6 Å². The topological polar surface area (TPSA) is 83.0 Å². The van der Waals surface area contributed by atoms with Gasteiger partial charge in [0, 0.05) is 32.7 Å². The lowest BCUT2D eigenvalue weighted by Crippen LogP contribution is -2.36. The molecule has 1 saturated heterocycles. The van der Waals surface area contributed by atoms with Crippen molar-refractivity contribution in [3.63, 3.8) is 0 Å². The van der Waals surface area contributed by atoms with Gasteiger partial charge in [0.05, 0.1) is 17.9 Å². The number of piperidine rings is 1. The van der Waals surface area contributed by atoms with Crippen LogP contribution in [-0.2, 0) is 4.74 Å². The number of aromatic carboxylic acids is 1. The first kappa shape index (κ1) is 19.7. The molecule has 148 valence electrons. The number of carbonyl (C=O) groups is 2. The number of anilines is 1. The van der Waals surface area contributed by atoms with Gasteiger partial charge in [-0.25, -0.2) is 14.6 Å². The van der Waals surface area contributed by atoms with Gasteiger partial charge in [-0.15, -0.1) is 0 Å². The van der Waals surface area contributed by atoms with E-state index in [1.165, 1.54) is 4.90 Å². The molecule has 7 nitrogen and oxygen atoms in total. The lowest BCUT2D eigenvalue weighted by atomic mass is 9.98. The van der Waals surface area contributed by atoms with Crippen LogP contribution < -0.4 is 4.90 Å². The standard InChI is InChI=1S/C21H25N3O4/c1-23(2)21(27)28-14-15-10-12-24(13-11-15)19-5-3-4-18(22-19)16-6-8-17(9-7-16)20(25)26/h3-9,15H,10-14H2,1-2H3,(H,25,26). The second-order valence-electron chi connectivity index (χ2n) is 7.17. The van der Waals surface area contributed by atoms with E-state index < -0.39 is 5.97 Å². The highest BCUT2D eigenvalue weighted by Gasteiger charge is 2.22. The van der Waals surface area contributed by atoms with Crippen LogP contribution in [0.2, 0.25) is 0 Å². The predicted octanol–water partition coefficient (Wildman–Crippen LogP) is 3.36. The van der Waals surface area contributed by atoms with E-state index in [1.54, 1.807) is 38.4 Å². The van der Waals surface area contributed by atoms with Gasteiger partial charge in [-0.1, -0.05) is 18.2 Å².